The summed E-state index contributed by atoms with van der Waals surface area (Å²) >= 11 is 1.28. The third kappa shape index (κ3) is 4.98. The number of allylic oxidation sites excluding steroid dienone is 1. The first-order valence-corrected chi connectivity index (χ1v) is 13.3. The number of carbonyl (C=O) groups is 1. The molecule has 0 bridgehead atoms. The number of halogens is 1. The number of nitrogens with zero attached hydrogens (tertiary/aromatic N) is 3. The summed E-state index contributed by atoms with van der Waals surface area (Å²) in [5, 5.41) is 0.583. The van der Waals surface area contributed by atoms with Gasteiger partial charge in [-0.15, -0.1) is 0 Å². The number of hydrogen-bond acceptors (Lipinski definition) is 4. The largest absolute Gasteiger partial charge is 0.363 e. The van der Waals surface area contributed by atoms with Crippen molar-refractivity contribution in [2.24, 2.45) is 4.99 Å². The van der Waals surface area contributed by atoms with Gasteiger partial charge in [-0.25, -0.2) is 9.38 Å². The summed E-state index contributed by atoms with van der Waals surface area (Å²) in [6.07, 6.45) is 3.88. The molecule has 0 aromatic heterocycles. The van der Waals surface area contributed by atoms with Crippen molar-refractivity contribution in [1.29, 1.82) is 0 Å². The normalized spacial score (nSPS) is 18.9. The van der Waals surface area contributed by atoms with Gasteiger partial charge in [0.2, 0.25) is 0 Å². The first kappa shape index (κ1) is 25.0. The number of anilines is 1. The third-order valence-electron chi connectivity index (χ3n) is 6.75. The highest BCUT2D eigenvalue weighted by Gasteiger charge is 2.35. The van der Waals surface area contributed by atoms with E-state index in [1.165, 1.54) is 11.8 Å². The van der Waals surface area contributed by atoms with Gasteiger partial charge in [0.1, 0.15) is 5.82 Å². The van der Waals surface area contributed by atoms with Crippen molar-refractivity contribution < 1.29 is 9.18 Å². The number of aliphatic imine (C=N–C) groups is 1. The highest BCUT2D eigenvalue weighted by molar-refractivity contribution is 8.18. The summed E-state index contributed by atoms with van der Waals surface area (Å²) in [7, 11) is 0. The second-order valence-corrected chi connectivity index (χ2v) is 10.8. The van der Waals surface area contributed by atoms with E-state index in [4.69, 9.17) is 4.99 Å². The van der Waals surface area contributed by atoms with Crippen LogP contribution in [0.3, 0.4) is 0 Å². The summed E-state index contributed by atoms with van der Waals surface area (Å²) in [6.45, 7) is 9.58. The van der Waals surface area contributed by atoms with Gasteiger partial charge in [-0.05, 0) is 80.9 Å². The first-order chi connectivity index (χ1) is 17.8. The Hall–Kier alpha value is -3.64. The fourth-order valence-corrected chi connectivity index (χ4v) is 6.04. The Morgan fingerprint density at radius 3 is 2.38 bits per heavy atom. The van der Waals surface area contributed by atoms with Crippen molar-refractivity contribution in [3.63, 3.8) is 0 Å². The maximum absolute atomic E-state index is 15.5. The van der Waals surface area contributed by atoms with Crippen molar-refractivity contribution in [1.82, 2.24) is 4.90 Å². The molecule has 1 amide bonds. The number of amides is 1. The van der Waals surface area contributed by atoms with E-state index in [-0.39, 0.29) is 17.3 Å². The van der Waals surface area contributed by atoms with E-state index >= 15 is 4.39 Å². The molecule has 6 heteroatoms. The van der Waals surface area contributed by atoms with E-state index in [1.54, 1.807) is 17.0 Å². The highest BCUT2D eigenvalue weighted by atomic mass is 32.2. The van der Waals surface area contributed by atoms with Gasteiger partial charge in [-0.3, -0.25) is 9.69 Å². The number of para-hydroxylation sites is 1. The van der Waals surface area contributed by atoms with E-state index in [2.05, 4.69) is 38.7 Å². The van der Waals surface area contributed by atoms with Crippen LogP contribution in [0.1, 0.15) is 44.4 Å². The van der Waals surface area contributed by atoms with Crippen LogP contribution in [0.25, 0.3) is 11.6 Å². The first-order valence-electron chi connectivity index (χ1n) is 12.5. The van der Waals surface area contributed by atoms with E-state index in [9.17, 15) is 4.79 Å². The summed E-state index contributed by atoms with van der Waals surface area (Å²) in [5.74, 6) is -0.518. The van der Waals surface area contributed by atoms with Crippen molar-refractivity contribution in [2.45, 2.75) is 39.8 Å². The van der Waals surface area contributed by atoms with Crippen LogP contribution >= 0.6 is 11.8 Å². The molecule has 2 aliphatic rings. The highest BCUT2D eigenvalue weighted by Crippen LogP contribution is 2.41. The number of thioether (sulfide) groups is 1. The predicted octanol–water partition coefficient (Wildman–Crippen LogP) is 7.65. The smallest absolute Gasteiger partial charge is 0.267 e. The van der Waals surface area contributed by atoms with Crippen LogP contribution in [0.2, 0.25) is 0 Å². The zero-order valence-electron chi connectivity index (χ0n) is 21.5. The molecule has 3 aromatic carbocycles. The van der Waals surface area contributed by atoms with Crippen LogP contribution in [0.4, 0.5) is 15.8 Å². The molecule has 4 nitrogen and oxygen atoms in total. The monoisotopic (exact) mass is 511 g/mol. The zero-order chi connectivity index (χ0) is 26.2. The molecular weight excluding hydrogens is 481 g/mol. The van der Waals surface area contributed by atoms with Gasteiger partial charge in [-0.2, -0.15) is 0 Å². The molecular formula is C31H30FN3OS. The quantitative estimate of drug-likeness (QED) is 0.330. The van der Waals surface area contributed by atoms with Gasteiger partial charge in [0.05, 0.1) is 22.7 Å². The molecule has 2 aliphatic heterocycles. The van der Waals surface area contributed by atoms with E-state index in [0.29, 0.717) is 22.2 Å². The SMILES string of the molecule is CCN1c2cc(F)c(/C=C3/SC(=Nc4ccccc4)N(Cc4ccccc4)C3=O)cc2C(C)=CC1(C)C. The Morgan fingerprint density at radius 1 is 1.03 bits per heavy atom. The van der Waals surface area contributed by atoms with Crippen LogP contribution in [0.15, 0.2) is 88.8 Å². The van der Waals surface area contributed by atoms with Crippen LogP contribution < -0.4 is 4.90 Å². The molecule has 1 fully saturated rings. The number of fused-ring (bicyclic) bond motifs is 1. The number of amidine groups is 1. The molecule has 1 saturated heterocycles. The summed E-state index contributed by atoms with van der Waals surface area (Å²) < 4.78 is 15.5. The van der Waals surface area contributed by atoms with Gasteiger partial charge < -0.3 is 4.90 Å². The topological polar surface area (TPSA) is 35.9 Å². The molecule has 3 aromatic rings. The van der Waals surface area contributed by atoms with Gasteiger partial charge in [0.25, 0.3) is 5.91 Å². The maximum Gasteiger partial charge on any atom is 0.267 e. The summed E-state index contributed by atoms with van der Waals surface area (Å²) in [4.78, 5) is 22.7. The second kappa shape index (κ2) is 10.0. The maximum atomic E-state index is 15.5. The van der Waals surface area contributed by atoms with Crippen molar-refractivity contribution >= 4 is 45.9 Å². The van der Waals surface area contributed by atoms with E-state index in [0.717, 1.165) is 34.6 Å². The summed E-state index contributed by atoms with van der Waals surface area (Å²) in [6, 6.07) is 22.9. The van der Waals surface area contributed by atoms with Crippen molar-refractivity contribution in [2.75, 3.05) is 11.4 Å². The number of benzene rings is 3. The van der Waals surface area contributed by atoms with Gasteiger partial charge in [0.15, 0.2) is 5.17 Å². The Labute approximate surface area is 222 Å². The standard InChI is InChI=1S/C31H30FN3OS/c1-5-35-27-18-26(32)23(16-25(27)21(2)19-31(35,3)4)17-28-29(36)34(20-22-12-8-6-9-13-22)30(37-28)33-24-14-10-7-11-15-24/h6-19H,5,20H2,1-4H3/b28-17+,33-30?. The van der Waals surface area contributed by atoms with Crippen LogP contribution in [-0.2, 0) is 11.3 Å². The van der Waals surface area contributed by atoms with Crippen LogP contribution in [0, 0.1) is 5.82 Å². The lowest BCUT2D eigenvalue weighted by molar-refractivity contribution is -0.122. The minimum atomic E-state index is -0.341. The molecule has 37 heavy (non-hydrogen) atoms. The van der Waals surface area contributed by atoms with Crippen molar-refractivity contribution in [3.8, 4) is 0 Å². The van der Waals surface area contributed by atoms with Crippen LogP contribution in [0.5, 0.6) is 0 Å². The van der Waals surface area contributed by atoms with Gasteiger partial charge >= 0.3 is 0 Å². The fourth-order valence-electron chi connectivity index (χ4n) is 5.05. The molecule has 5 rings (SSSR count). The molecule has 188 valence electrons. The van der Waals surface area contributed by atoms with Crippen molar-refractivity contribution in [3.05, 3.63) is 106 Å². The Kier molecular flexibility index (Phi) is 6.78. The van der Waals surface area contributed by atoms with Gasteiger partial charge in [-0.1, -0.05) is 54.6 Å². The number of carbonyl (C=O) groups excluding carboxylic acids is 1. The molecule has 0 radical (unpaired) electrons. The Morgan fingerprint density at radius 2 is 1.70 bits per heavy atom. The molecule has 0 unspecified atom stereocenters. The minimum absolute atomic E-state index is 0.177. The minimum Gasteiger partial charge on any atom is -0.363 e. The zero-order valence-corrected chi connectivity index (χ0v) is 22.3. The molecule has 0 N–H and O–H groups in total. The number of likely N-dealkylation sites (N-methyl/N-ethyl adjacent to an activating group) is 1. The third-order valence-corrected chi connectivity index (χ3v) is 7.76. The lowest BCUT2D eigenvalue weighted by Gasteiger charge is -2.42. The summed E-state index contributed by atoms with van der Waals surface area (Å²) in [5.41, 5.74) is 4.95. The average Bonchev–Trinajstić information content (AvgIpc) is 3.15. The number of hydrogen-bond donors (Lipinski definition) is 0. The Balaban J connectivity index is 1.55. The lowest BCUT2D eigenvalue weighted by Crippen LogP contribution is -2.45. The van der Waals surface area contributed by atoms with Crippen LogP contribution in [-0.4, -0.2) is 28.1 Å². The number of rotatable bonds is 5. The molecule has 0 spiro atoms. The average molecular weight is 512 g/mol. The van der Waals surface area contributed by atoms with Gasteiger partial charge in [0, 0.05) is 23.4 Å². The second-order valence-electron chi connectivity index (χ2n) is 9.83. The molecule has 2 heterocycles. The fraction of sp³-hybridized carbons (Fsp3) is 0.226. The molecule has 0 atom stereocenters. The molecule has 0 aliphatic carbocycles. The lowest BCUT2D eigenvalue weighted by atomic mass is 9.88. The van der Waals surface area contributed by atoms with E-state index < -0.39 is 0 Å². The molecule has 0 saturated carbocycles. The predicted molar refractivity (Wildman–Crippen MR) is 153 cm³/mol. The van der Waals surface area contributed by atoms with E-state index in [1.807, 2.05) is 66.7 Å². The Bertz CT molecular complexity index is 1430.